The highest BCUT2D eigenvalue weighted by Crippen LogP contribution is 2.37. The zero-order valence-corrected chi connectivity index (χ0v) is 13.8. The summed E-state index contributed by atoms with van der Waals surface area (Å²) in [6.45, 7) is 1.49. The van der Waals surface area contributed by atoms with E-state index in [0.29, 0.717) is 22.2 Å². The topological polar surface area (TPSA) is 95.8 Å². The summed E-state index contributed by atoms with van der Waals surface area (Å²) >= 11 is 0. The van der Waals surface area contributed by atoms with Gasteiger partial charge in [-0.25, -0.2) is 0 Å². The van der Waals surface area contributed by atoms with E-state index in [4.69, 9.17) is 5.11 Å². The van der Waals surface area contributed by atoms with Crippen LogP contribution in [0.2, 0.25) is 0 Å². The number of H-pyrrole nitrogens is 1. The van der Waals surface area contributed by atoms with Crippen molar-refractivity contribution < 1.29 is 23.1 Å². The Bertz CT molecular complexity index is 945. The number of aryl methyl sites for hydroxylation is 1. The van der Waals surface area contributed by atoms with Gasteiger partial charge >= 0.3 is 6.18 Å². The second-order valence-electron chi connectivity index (χ2n) is 5.75. The van der Waals surface area contributed by atoms with Crippen LogP contribution in [0.5, 0.6) is 0 Å². The first-order valence-electron chi connectivity index (χ1n) is 7.76. The molecule has 0 aliphatic carbocycles. The number of amides is 1. The first-order chi connectivity index (χ1) is 12.3. The van der Waals surface area contributed by atoms with Crippen LogP contribution < -0.4 is 5.32 Å². The Morgan fingerprint density at radius 2 is 2.12 bits per heavy atom. The van der Waals surface area contributed by atoms with Gasteiger partial charge in [0.15, 0.2) is 0 Å². The number of hydrogen-bond acceptors (Lipinski definition) is 4. The minimum atomic E-state index is -4.50. The lowest BCUT2D eigenvalue weighted by molar-refractivity contribution is -0.137. The predicted molar refractivity (Wildman–Crippen MR) is 87.1 cm³/mol. The van der Waals surface area contributed by atoms with Crippen molar-refractivity contribution in [1.29, 1.82) is 0 Å². The molecule has 0 saturated carbocycles. The number of carbonyl (C=O) groups is 1. The number of benzene rings is 1. The molecule has 0 bridgehead atoms. The van der Waals surface area contributed by atoms with Gasteiger partial charge in [-0.3, -0.25) is 14.6 Å². The van der Waals surface area contributed by atoms with Crippen LogP contribution in [0.4, 0.5) is 13.2 Å². The van der Waals surface area contributed by atoms with Gasteiger partial charge in [0, 0.05) is 23.7 Å². The van der Waals surface area contributed by atoms with Gasteiger partial charge in [0.1, 0.15) is 6.54 Å². The van der Waals surface area contributed by atoms with Crippen molar-refractivity contribution in [3.8, 4) is 11.1 Å². The summed E-state index contributed by atoms with van der Waals surface area (Å²) in [5.41, 5.74) is 0.780. The van der Waals surface area contributed by atoms with Crippen molar-refractivity contribution in [2.45, 2.75) is 19.6 Å². The molecule has 0 aliphatic rings. The van der Waals surface area contributed by atoms with Gasteiger partial charge in [0.2, 0.25) is 5.91 Å². The molecule has 7 nitrogen and oxygen atoms in total. The van der Waals surface area contributed by atoms with E-state index in [1.807, 2.05) is 0 Å². The van der Waals surface area contributed by atoms with E-state index in [9.17, 15) is 18.0 Å². The van der Waals surface area contributed by atoms with E-state index < -0.39 is 11.7 Å². The summed E-state index contributed by atoms with van der Waals surface area (Å²) in [5, 5.41) is 22.3. The van der Waals surface area contributed by atoms with Crippen LogP contribution in [-0.4, -0.2) is 44.1 Å². The lowest BCUT2D eigenvalue weighted by atomic mass is 9.99. The third-order valence-corrected chi connectivity index (χ3v) is 3.86. The number of aliphatic hydroxyl groups is 1. The second-order valence-corrected chi connectivity index (χ2v) is 5.75. The third-order valence-electron chi connectivity index (χ3n) is 3.86. The van der Waals surface area contributed by atoms with Crippen molar-refractivity contribution in [3.63, 3.8) is 0 Å². The molecule has 0 aliphatic heterocycles. The summed E-state index contributed by atoms with van der Waals surface area (Å²) in [5.74, 6) is -0.356. The molecule has 1 amide bonds. The maximum atomic E-state index is 13.2. The molecule has 1 aromatic carbocycles. The molecule has 0 spiro atoms. The maximum absolute atomic E-state index is 13.2. The highest BCUT2D eigenvalue weighted by atomic mass is 19.4. The summed E-state index contributed by atoms with van der Waals surface area (Å²) in [6, 6.07) is 2.06. The van der Waals surface area contributed by atoms with Crippen molar-refractivity contribution in [3.05, 3.63) is 35.8 Å². The number of hydrogen-bond donors (Lipinski definition) is 3. The molecule has 2 aromatic heterocycles. The molecule has 2 heterocycles. The summed E-state index contributed by atoms with van der Waals surface area (Å²) < 4.78 is 40.9. The van der Waals surface area contributed by atoms with Gasteiger partial charge in [-0.1, -0.05) is 0 Å². The summed E-state index contributed by atoms with van der Waals surface area (Å²) in [7, 11) is 0. The normalized spacial score (nSPS) is 11.9. The number of alkyl halides is 3. The molecule has 0 atom stereocenters. The lowest BCUT2D eigenvalue weighted by Gasteiger charge is -2.10. The molecular weight excluding hydrogens is 351 g/mol. The number of rotatable bonds is 5. The smallest absolute Gasteiger partial charge is 0.395 e. The molecular formula is C16H16F3N5O2. The molecule has 3 rings (SSSR count). The van der Waals surface area contributed by atoms with Crippen LogP contribution in [0.3, 0.4) is 0 Å². The van der Waals surface area contributed by atoms with Crippen molar-refractivity contribution in [2.75, 3.05) is 13.2 Å². The molecule has 0 fully saturated rings. The molecule has 0 unspecified atom stereocenters. The van der Waals surface area contributed by atoms with Gasteiger partial charge in [-0.15, -0.1) is 0 Å². The van der Waals surface area contributed by atoms with Crippen LogP contribution in [0.25, 0.3) is 22.0 Å². The lowest BCUT2D eigenvalue weighted by Crippen LogP contribution is -2.30. The monoisotopic (exact) mass is 367 g/mol. The highest BCUT2D eigenvalue weighted by Gasteiger charge is 2.32. The first-order valence-corrected chi connectivity index (χ1v) is 7.76. The number of fused-ring (bicyclic) bond motifs is 1. The number of nitrogens with zero attached hydrogens (tertiary/aromatic N) is 3. The standard InChI is InChI=1S/C16H16F3N5O2/c1-9-13(7-24(23-9)8-15(26)20-2-3-25)11-4-10(16(17,18)19)5-14-12(11)6-21-22-14/h4-7,25H,2-3,8H2,1H3,(H,20,26)(H,21,22). The molecule has 3 aromatic rings. The van der Waals surface area contributed by atoms with Crippen LogP contribution in [0.1, 0.15) is 11.3 Å². The fourth-order valence-corrected chi connectivity index (χ4v) is 2.70. The first kappa shape index (κ1) is 17.9. The van der Waals surface area contributed by atoms with Crippen molar-refractivity contribution >= 4 is 16.8 Å². The van der Waals surface area contributed by atoms with E-state index in [-0.39, 0.29) is 31.1 Å². The van der Waals surface area contributed by atoms with Gasteiger partial charge in [0.05, 0.1) is 29.6 Å². The number of aromatic nitrogens is 4. The summed E-state index contributed by atoms with van der Waals surface area (Å²) in [6.07, 6.45) is -1.52. The van der Waals surface area contributed by atoms with E-state index in [0.717, 1.165) is 12.1 Å². The van der Waals surface area contributed by atoms with E-state index in [1.54, 1.807) is 6.92 Å². The highest BCUT2D eigenvalue weighted by molar-refractivity contribution is 5.95. The van der Waals surface area contributed by atoms with Crippen LogP contribution in [-0.2, 0) is 17.5 Å². The Morgan fingerprint density at radius 3 is 2.81 bits per heavy atom. The molecule has 0 saturated heterocycles. The second kappa shape index (κ2) is 6.79. The number of halogens is 3. The van der Waals surface area contributed by atoms with Gasteiger partial charge in [-0.05, 0) is 24.6 Å². The maximum Gasteiger partial charge on any atom is 0.416 e. The zero-order valence-electron chi connectivity index (χ0n) is 13.8. The molecule has 3 N–H and O–H groups in total. The van der Waals surface area contributed by atoms with Crippen LogP contribution in [0, 0.1) is 6.92 Å². The Labute approximate surface area is 145 Å². The third kappa shape index (κ3) is 3.54. The SMILES string of the molecule is Cc1nn(CC(=O)NCCO)cc1-c1cc(C(F)(F)F)cc2[nH]ncc12. The number of aliphatic hydroxyl groups excluding tert-OH is 1. The van der Waals surface area contributed by atoms with Crippen molar-refractivity contribution in [1.82, 2.24) is 25.3 Å². The minimum Gasteiger partial charge on any atom is -0.395 e. The Balaban J connectivity index is 2.01. The largest absolute Gasteiger partial charge is 0.416 e. The average Bonchev–Trinajstić information content (AvgIpc) is 3.17. The van der Waals surface area contributed by atoms with E-state index in [1.165, 1.54) is 17.1 Å². The Kier molecular flexibility index (Phi) is 4.68. The molecule has 138 valence electrons. The predicted octanol–water partition coefficient (Wildman–Crippen LogP) is 1.86. The fraction of sp³-hybridized carbons (Fsp3) is 0.312. The minimum absolute atomic E-state index is 0.103. The number of carbonyl (C=O) groups excluding carboxylic acids is 1. The molecule has 0 radical (unpaired) electrons. The van der Waals surface area contributed by atoms with Gasteiger partial charge < -0.3 is 10.4 Å². The average molecular weight is 367 g/mol. The Hall–Kier alpha value is -2.88. The van der Waals surface area contributed by atoms with Gasteiger partial charge in [0.25, 0.3) is 0 Å². The van der Waals surface area contributed by atoms with Crippen molar-refractivity contribution in [2.24, 2.45) is 0 Å². The number of nitrogens with one attached hydrogen (secondary N) is 2. The van der Waals surface area contributed by atoms with E-state index in [2.05, 4.69) is 20.6 Å². The zero-order chi connectivity index (χ0) is 18.9. The van der Waals surface area contributed by atoms with E-state index >= 15 is 0 Å². The Morgan fingerprint density at radius 1 is 1.35 bits per heavy atom. The van der Waals surface area contributed by atoms with Gasteiger partial charge in [-0.2, -0.15) is 23.4 Å². The van der Waals surface area contributed by atoms with Crippen LogP contribution >= 0.6 is 0 Å². The quantitative estimate of drug-likeness (QED) is 0.641. The number of aromatic amines is 1. The van der Waals surface area contributed by atoms with Crippen LogP contribution in [0.15, 0.2) is 24.5 Å². The molecule has 10 heteroatoms. The fourth-order valence-electron chi connectivity index (χ4n) is 2.70. The summed E-state index contributed by atoms with van der Waals surface area (Å²) in [4.78, 5) is 11.7. The molecule has 26 heavy (non-hydrogen) atoms.